The third kappa shape index (κ3) is 2.71. The van der Waals surface area contributed by atoms with Crippen molar-refractivity contribution in [3.63, 3.8) is 0 Å². The zero-order valence-corrected chi connectivity index (χ0v) is 7.14. The number of thioether (sulfide) groups is 1. The number of nitrogens with two attached hydrogens (primary N) is 1. The average Bonchev–Trinajstić information content (AvgIpc) is 2.71. The lowest BCUT2D eigenvalue weighted by molar-refractivity contribution is -0.136. The van der Waals surface area contributed by atoms with E-state index in [2.05, 4.69) is 0 Å². The van der Waals surface area contributed by atoms with E-state index < -0.39 is 5.97 Å². The van der Waals surface area contributed by atoms with E-state index in [0.29, 0.717) is 12.5 Å². The Morgan fingerprint density at radius 1 is 1.73 bits per heavy atom. The van der Waals surface area contributed by atoms with Crippen LogP contribution in [0.5, 0.6) is 0 Å². The summed E-state index contributed by atoms with van der Waals surface area (Å²) in [5, 5.41) is 8.55. The number of carboxylic acid groups (broad SMARTS) is 1. The van der Waals surface area contributed by atoms with Crippen molar-refractivity contribution in [2.75, 3.05) is 12.3 Å². The highest BCUT2D eigenvalue weighted by atomic mass is 32.2. The lowest BCUT2D eigenvalue weighted by atomic mass is 10.3. The van der Waals surface area contributed by atoms with Crippen LogP contribution in [0.2, 0.25) is 0 Å². The van der Waals surface area contributed by atoms with Gasteiger partial charge in [-0.1, -0.05) is 0 Å². The van der Waals surface area contributed by atoms with Gasteiger partial charge in [0, 0.05) is 12.3 Å². The topological polar surface area (TPSA) is 63.3 Å². The molecule has 1 unspecified atom stereocenters. The van der Waals surface area contributed by atoms with Gasteiger partial charge in [0.1, 0.15) is 5.25 Å². The fourth-order valence-corrected chi connectivity index (χ4v) is 2.08. The molecule has 0 aliphatic heterocycles. The van der Waals surface area contributed by atoms with Crippen LogP contribution in [-0.4, -0.2) is 28.6 Å². The molecule has 0 aromatic heterocycles. The highest BCUT2D eigenvalue weighted by molar-refractivity contribution is 8.00. The fourth-order valence-electron chi connectivity index (χ4n) is 1.00. The molecule has 11 heavy (non-hydrogen) atoms. The first-order valence-corrected chi connectivity index (χ1v) is 4.85. The first-order valence-electron chi connectivity index (χ1n) is 3.80. The van der Waals surface area contributed by atoms with Crippen LogP contribution in [0.3, 0.4) is 0 Å². The molecule has 0 heterocycles. The van der Waals surface area contributed by atoms with Gasteiger partial charge in [-0.05, 0) is 18.8 Å². The van der Waals surface area contributed by atoms with Gasteiger partial charge in [-0.3, -0.25) is 4.79 Å². The lowest BCUT2D eigenvalue weighted by Crippen LogP contribution is -2.20. The van der Waals surface area contributed by atoms with Crippen LogP contribution >= 0.6 is 11.8 Å². The molecule has 1 fully saturated rings. The number of hydrogen-bond donors (Lipinski definition) is 2. The molecule has 0 radical (unpaired) electrons. The van der Waals surface area contributed by atoms with Crippen molar-refractivity contribution in [1.29, 1.82) is 0 Å². The molecule has 0 aromatic carbocycles. The normalized spacial score (nSPS) is 19.7. The number of rotatable bonds is 5. The van der Waals surface area contributed by atoms with E-state index in [0.717, 1.165) is 18.6 Å². The zero-order valence-electron chi connectivity index (χ0n) is 6.32. The largest absolute Gasteiger partial charge is 0.480 e. The van der Waals surface area contributed by atoms with E-state index in [1.165, 1.54) is 11.8 Å². The second-order valence-corrected chi connectivity index (χ2v) is 4.01. The Hall–Kier alpha value is -0.220. The van der Waals surface area contributed by atoms with Crippen LogP contribution in [0.4, 0.5) is 0 Å². The molecule has 64 valence electrons. The molecule has 3 nitrogen and oxygen atoms in total. The number of carboxylic acids is 1. The van der Waals surface area contributed by atoms with Crippen molar-refractivity contribution in [2.24, 2.45) is 11.7 Å². The minimum Gasteiger partial charge on any atom is -0.480 e. The maximum atomic E-state index is 10.6. The van der Waals surface area contributed by atoms with Gasteiger partial charge in [0.25, 0.3) is 0 Å². The highest BCUT2D eigenvalue weighted by Crippen LogP contribution is 2.38. The van der Waals surface area contributed by atoms with E-state index >= 15 is 0 Å². The van der Waals surface area contributed by atoms with E-state index in [-0.39, 0.29) is 5.25 Å². The molecular weight excluding hydrogens is 162 g/mol. The lowest BCUT2D eigenvalue weighted by Gasteiger charge is -2.08. The van der Waals surface area contributed by atoms with Crippen LogP contribution in [0.1, 0.15) is 12.8 Å². The molecule has 1 rings (SSSR count). The predicted octanol–water partition coefficient (Wildman–Crippen LogP) is 0.541. The summed E-state index contributed by atoms with van der Waals surface area (Å²) in [4.78, 5) is 10.6. The van der Waals surface area contributed by atoms with Crippen LogP contribution in [0.25, 0.3) is 0 Å². The van der Waals surface area contributed by atoms with Crippen LogP contribution < -0.4 is 5.73 Å². The number of carbonyl (C=O) groups is 1. The Morgan fingerprint density at radius 2 is 2.36 bits per heavy atom. The third-order valence-corrected chi connectivity index (χ3v) is 3.13. The standard InChI is InChI=1S/C7H13NO2S/c8-3-4-11-6(7(9)10)5-1-2-5/h5-6H,1-4,8H2,(H,9,10). The summed E-state index contributed by atoms with van der Waals surface area (Å²) in [5.74, 6) is 0.503. The maximum Gasteiger partial charge on any atom is 0.316 e. The molecule has 1 saturated carbocycles. The van der Waals surface area contributed by atoms with E-state index in [4.69, 9.17) is 10.8 Å². The highest BCUT2D eigenvalue weighted by Gasteiger charge is 2.36. The summed E-state index contributed by atoms with van der Waals surface area (Å²) >= 11 is 1.48. The predicted molar refractivity (Wildman–Crippen MR) is 45.7 cm³/mol. The zero-order chi connectivity index (χ0) is 8.27. The summed E-state index contributed by atoms with van der Waals surface area (Å²) in [6.45, 7) is 0.571. The Labute approximate surface area is 70.3 Å². The van der Waals surface area contributed by atoms with Gasteiger partial charge >= 0.3 is 5.97 Å². The third-order valence-electron chi connectivity index (χ3n) is 1.71. The summed E-state index contributed by atoms with van der Waals surface area (Å²) in [6, 6.07) is 0. The van der Waals surface area contributed by atoms with Gasteiger partial charge in [0.05, 0.1) is 0 Å². The molecule has 0 spiro atoms. The maximum absolute atomic E-state index is 10.6. The Kier molecular flexibility index (Phi) is 3.20. The van der Waals surface area contributed by atoms with Gasteiger partial charge in [0.2, 0.25) is 0 Å². The SMILES string of the molecule is NCCSC(C(=O)O)C1CC1. The molecule has 0 bridgehead atoms. The van der Waals surface area contributed by atoms with Crippen LogP contribution in [0, 0.1) is 5.92 Å². The van der Waals surface area contributed by atoms with Crippen molar-refractivity contribution < 1.29 is 9.90 Å². The minimum atomic E-state index is -0.675. The van der Waals surface area contributed by atoms with Gasteiger partial charge in [0.15, 0.2) is 0 Å². The number of aliphatic carboxylic acids is 1. The van der Waals surface area contributed by atoms with Crippen molar-refractivity contribution in [3.8, 4) is 0 Å². The van der Waals surface area contributed by atoms with Gasteiger partial charge in [-0.15, -0.1) is 11.8 Å². The molecule has 0 saturated heterocycles. The van der Waals surface area contributed by atoms with Crippen LogP contribution in [-0.2, 0) is 4.79 Å². The molecular formula is C7H13NO2S. The Bertz CT molecular complexity index is 147. The molecule has 1 aliphatic rings. The second-order valence-electron chi connectivity index (χ2n) is 2.76. The average molecular weight is 175 g/mol. The smallest absolute Gasteiger partial charge is 0.316 e. The quantitative estimate of drug-likeness (QED) is 0.640. The molecule has 3 N–H and O–H groups in total. The summed E-state index contributed by atoms with van der Waals surface area (Å²) in [5.41, 5.74) is 5.28. The van der Waals surface area contributed by atoms with Gasteiger partial charge in [-0.25, -0.2) is 0 Å². The van der Waals surface area contributed by atoms with Crippen molar-refractivity contribution in [2.45, 2.75) is 18.1 Å². The number of hydrogen-bond acceptors (Lipinski definition) is 3. The monoisotopic (exact) mass is 175 g/mol. The Balaban J connectivity index is 2.26. The van der Waals surface area contributed by atoms with E-state index in [1.54, 1.807) is 0 Å². The molecule has 4 heteroatoms. The first kappa shape index (κ1) is 8.87. The summed E-state index contributed by atoms with van der Waals surface area (Å²) in [7, 11) is 0. The van der Waals surface area contributed by atoms with E-state index in [1.807, 2.05) is 0 Å². The van der Waals surface area contributed by atoms with Crippen LogP contribution in [0.15, 0.2) is 0 Å². The minimum absolute atomic E-state index is 0.196. The molecule has 0 amide bonds. The molecule has 0 aromatic rings. The van der Waals surface area contributed by atoms with Crippen molar-refractivity contribution >= 4 is 17.7 Å². The van der Waals surface area contributed by atoms with Crippen molar-refractivity contribution in [1.82, 2.24) is 0 Å². The molecule has 1 aliphatic carbocycles. The summed E-state index contributed by atoms with van der Waals surface area (Å²) < 4.78 is 0. The molecule has 1 atom stereocenters. The second kappa shape index (κ2) is 3.97. The van der Waals surface area contributed by atoms with E-state index in [9.17, 15) is 4.79 Å². The Morgan fingerprint density at radius 3 is 2.73 bits per heavy atom. The summed E-state index contributed by atoms with van der Waals surface area (Å²) in [6.07, 6.45) is 2.16. The van der Waals surface area contributed by atoms with Gasteiger partial charge in [-0.2, -0.15) is 0 Å². The first-order chi connectivity index (χ1) is 5.25. The van der Waals surface area contributed by atoms with Gasteiger partial charge < -0.3 is 10.8 Å². The van der Waals surface area contributed by atoms with Crippen molar-refractivity contribution in [3.05, 3.63) is 0 Å². The fraction of sp³-hybridized carbons (Fsp3) is 0.857.